The summed E-state index contributed by atoms with van der Waals surface area (Å²) in [5.74, 6) is 1.54. The quantitative estimate of drug-likeness (QED) is 0.778. The summed E-state index contributed by atoms with van der Waals surface area (Å²) in [5, 5.41) is 3.89. The van der Waals surface area contributed by atoms with Crippen LogP contribution in [-0.2, 0) is 4.79 Å². The van der Waals surface area contributed by atoms with E-state index in [2.05, 4.69) is 17.3 Å². The first-order chi connectivity index (χ1) is 13.1. The van der Waals surface area contributed by atoms with Gasteiger partial charge >= 0.3 is 0 Å². The number of hydrogen-bond acceptors (Lipinski definition) is 3. The van der Waals surface area contributed by atoms with E-state index in [1.807, 2.05) is 12.1 Å². The van der Waals surface area contributed by atoms with Crippen LogP contribution in [0.1, 0.15) is 69.3 Å². The van der Waals surface area contributed by atoms with E-state index in [4.69, 9.17) is 16.3 Å². The maximum absolute atomic E-state index is 13.1. The molecule has 146 valence electrons. The van der Waals surface area contributed by atoms with Crippen molar-refractivity contribution in [2.75, 3.05) is 12.4 Å². The average Bonchev–Trinajstić information content (AvgIpc) is 3.00. The van der Waals surface area contributed by atoms with Crippen LogP contribution in [0.15, 0.2) is 12.1 Å². The van der Waals surface area contributed by atoms with Gasteiger partial charge in [-0.1, -0.05) is 24.4 Å². The summed E-state index contributed by atoms with van der Waals surface area (Å²) in [7, 11) is 2.22. The Morgan fingerprint density at radius 2 is 1.85 bits per heavy atom. The molecule has 4 unspecified atom stereocenters. The van der Waals surface area contributed by atoms with Gasteiger partial charge in [-0.15, -0.1) is 0 Å². The number of nitrogens with zero attached hydrogens (tertiary/aromatic N) is 1. The second-order valence-corrected chi connectivity index (χ2v) is 9.42. The van der Waals surface area contributed by atoms with Crippen molar-refractivity contribution in [2.24, 2.45) is 5.92 Å². The molecule has 4 aliphatic rings. The molecule has 5 rings (SSSR count). The molecule has 4 nitrogen and oxygen atoms in total. The number of nitrogens with one attached hydrogen (secondary N) is 1. The highest BCUT2D eigenvalue weighted by molar-refractivity contribution is 6.31. The zero-order chi connectivity index (χ0) is 18.5. The molecule has 2 bridgehead atoms. The molecule has 1 aromatic rings. The number of ether oxygens (including phenoxy) is 1. The molecule has 4 atom stereocenters. The molecule has 1 amide bonds. The van der Waals surface area contributed by atoms with Crippen LogP contribution in [0.3, 0.4) is 0 Å². The fraction of sp³-hybridized carbons (Fsp3) is 0.682. The second-order valence-electron chi connectivity index (χ2n) is 8.98. The number of carbonyl (C=O) groups excluding carboxylic acids is 1. The van der Waals surface area contributed by atoms with Gasteiger partial charge in [-0.3, -0.25) is 4.79 Å². The van der Waals surface area contributed by atoms with Gasteiger partial charge in [-0.05, 0) is 64.1 Å². The summed E-state index contributed by atoms with van der Waals surface area (Å²) in [6.07, 6.45) is 10.6. The van der Waals surface area contributed by atoms with E-state index in [9.17, 15) is 4.79 Å². The van der Waals surface area contributed by atoms with Crippen molar-refractivity contribution in [2.45, 2.75) is 81.9 Å². The van der Waals surface area contributed by atoms with Gasteiger partial charge in [-0.25, -0.2) is 0 Å². The molecule has 3 heterocycles. The van der Waals surface area contributed by atoms with Gasteiger partial charge in [-0.2, -0.15) is 0 Å². The zero-order valence-electron chi connectivity index (χ0n) is 16.0. The maximum atomic E-state index is 13.1. The van der Waals surface area contributed by atoms with Crippen molar-refractivity contribution in [3.8, 4) is 5.75 Å². The molecular formula is C22H29ClN2O2. The normalized spacial score (nSPS) is 35.1. The fourth-order valence-electron chi connectivity index (χ4n) is 5.92. The van der Waals surface area contributed by atoms with E-state index in [1.54, 1.807) is 0 Å². The van der Waals surface area contributed by atoms with E-state index in [0.717, 1.165) is 37.1 Å². The molecule has 27 heavy (non-hydrogen) atoms. The molecule has 0 radical (unpaired) electrons. The summed E-state index contributed by atoms with van der Waals surface area (Å²) in [6.45, 7) is 0. The Morgan fingerprint density at radius 1 is 1.11 bits per heavy atom. The number of hydrogen-bond donors (Lipinski definition) is 1. The van der Waals surface area contributed by atoms with Crippen LogP contribution < -0.4 is 10.1 Å². The molecule has 5 heteroatoms. The first-order valence-corrected chi connectivity index (χ1v) is 11.0. The van der Waals surface area contributed by atoms with Gasteiger partial charge in [0, 0.05) is 34.5 Å². The number of piperidine rings is 2. The highest BCUT2D eigenvalue weighted by atomic mass is 35.5. The molecule has 0 aromatic heterocycles. The van der Waals surface area contributed by atoms with Crippen LogP contribution in [-0.4, -0.2) is 36.0 Å². The number of carbonyl (C=O) groups is 1. The average molecular weight is 389 g/mol. The summed E-state index contributed by atoms with van der Waals surface area (Å²) in [6, 6.07) is 5.02. The Hall–Kier alpha value is -1.26. The molecule has 0 spiro atoms. The van der Waals surface area contributed by atoms with Crippen LogP contribution in [0.25, 0.3) is 0 Å². The minimum absolute atomic E-state index is 0.0924. The van der Waals surface area contributed by atoms with Crippen molar-refractivity contribution in [1.29, 1.82) is 0 Å². The Kier molecular flexibility index (Phi) is 4.60. The number of rotatable bonds is 2. The van der Waals surface area contributed by atoms with Gasteiger partial charge < -0.3 is 15.0 Å². The van der Waals surface area contributed by atoms with E-state index in [0.29, 0.717) is 23.0 Å². The van der Waals surface area contributed by atoms with Gasteiger partial charge in [0.1, 0.15) is 11.9 Å². The van der Waals surface area contributed by atoms with Crippen molar-refractivity contribution in [3.05, 3.63) is 22.7 Å². The number of amides is 1. The van der Waals surface area contributed by atoms with Crippen LogP contribution in [0.2, 0.25) is 5.02 Å². The van der Waals surface area contributed by atoms with Gasteiger partial charge in [0.05, 0.1) is 5.69 Å². The lowest BCUT2D eigenvalue weighted by molar-refractivity contribution is -0.123. The Bertz CT molecular complexity index is 738. The topological polar surface area (TPSA) is 41.6 Å². The lowest BCUT2D eigenvalue weighted by atomic mass is 9.78. The number of benzene rings is 1. The SMILES string of the molecule is CN1C2CCCC1CC(C(=O)Nc1cc(Cl)cc3c1OC1CCCCC31)C2. The standard InChI is InChI=1S/C22H29ClN2O2/c1-25-15-5-4-6-16(25)10-13(9-15)22(26)24-19-12-14(23)11-18-17-7-2-3-8-20(17)27-21(18)19/h11-13,15-17,20H,2-10H2,1H3,(H,24,26). The van der Waals surface area contributed by atoms with Crippen molar-refractivity contribution in [1.82, 2.24) is 4.90 Å². The van der Waals surface area contributed by atoms with Crippen LogP contribution >= 0.6 is 11.6 Å². The molecule has 1 aromatic carbocycles. The molecule has 1 N–H and O–H groups in total. The minimum Gasteiger partial charge on any atom is -0.487 e. The van der Waals surface area contributed by atoms with Gasteiger partial charge in [0.2, 0.25) is 5.91 Å². The van der Waals surface area contributed by atoms with Crippen molar-refractivity contribution >= 4 is 23.2 Å². The number of fused-ring (bicyclic) bond motifs is 5. The lowest BCUT2D eigenvalue weighted by Crippen LogP contribution is -2.51. The zero-order valence-corrected chi connectivity index (χ0v) is 16.8. The van der Waals surface area contributed by atoms with E-state index in [1.165, 1.54) is 37.7 Å². The Balaban J connectivity index is 1.36. The van der Waals surface area contributed by atoms with Crippen molar-refractivity contribution < 1.29 is 9.53 Å². The lowest BCUT2D eigenvalue weighted by Gasteiger charge is -2.46. The highest BCUT2D eigenvalue weighted by Gasteiger charge is 2.40. The first kappa shape index (κ1) is 17.8. The molecular weight excluding hydrogens is 360 g/mol. The Labute approximate surface area is 166 Å². The predicted octanol–water partition coefficient (Wildman–Crippen LogP) is 4.96. The van der Waals surface area contributed by atoms with Crippen LogP contribution in [0.5, 0.6) is 5.75 Å². The largest absolute Gasteiger partial charge is 0.487 e. The van der Waals surface area contributed by atoms with E-state index < -0.39 is 0 Å². The maximum Gasteiger partial charge on any atom is 0.227 e. The van der Waals surface area contributed by atoms with E-state index in [-0.39, 0.29) is 17.9 Å². The molecule has 2 saturated heterocycles. The smallest absolute Gasteiger partial charge is 0.227 e. The number of anilines is 1. The van der Waals surface area contributed by atoms with Crippen LogP contribution in [0.4, 0.5) is 5.69 Å². The highest BCUT2D eigenvalue weighted by Crippen LogP contribution is 2.50. The molecule has 3 aliphatic heterocycles. The number of halogens is 1. The summed E-state index contributed by atoms with van der Waals surface area (Å²) >= 11 is 6.41. The third-order valence-corrected chi connectivity index (χ3v) is 7.64. The van der Waals surface area contributed by atoms with Crippen LogP contribution in [0, 0.1) is 5.92 Å². The molecule has 1 saturated carbocycles. The summed E-state index contributed by atoms with van der Waals surface area (Å²) < 4.78 is 6.30. The minimum atomic E-state index is 0.0924. The first-order valence-electron chi connectivity index (χ1n) is 10.6. The van der Waals surface area contributed by atoms with Crippen molar-refractivity contribution in [3.63, 3.8) is 0 Å². The third-order valence-electron chi connectivity index (χ3n) is 7.42. The Morgan fingerprint density at radius 3 is 2.63 bits per heavy atom. The summed E-state index contributed by atoms with van der Waals surface area (Å²) in [5.41, 5.74) is 1.98. The summed E-state index contributed by atoms with van der Waals surface area (Å²) in [4.78, 5) is 15.6. The third kappa shape index (κ3) is 3.15. The van der Waals surface area contributed by atoms with Gasteiger partial charge in [0.15, 0.2) is 0 Å². The monoisotopic (exact) mass is 388 g/mol. The molecule has 1 aliphatic carbocycles. The van der Waals surface area contributed by atoms with E-state index >= 15 is 0 Å². The van der Waals surface area contributed by atoms with Gasteiger partial charge in [0.25, 0.3) is 0 Å². The predicted molar refractivity (Wildman–Crippen MR) is 108 cm³/mol. The second kappa shape index (κ2) is 6.97. The molecule has 3 fully saturated rings. The fourth-order valence-corrected chi connectivity index (χ4v) is 6.15.